The molecule has 0 atom stereocenters. The summed E-state index contributed by atoms with van der Waals surface area (Å²) in [5, 5.41) is 0. The summed E-state index contributed by atoms with van der Waals surface area (Å²) in [4.78, 5) is 0. The number of hydrogen-bond acceptors (Lipinski definition) is 0. The molecule has 0 heterocycles. The van der Waals surface area contributed by atoms with E-state index in [1.165, 1.54) is 5.56 Å². The molecule has 0 aliphatic rings. The van der Waals surface area contributed by atoms with Crippen molar-refractivity contribution in [2.45, 2.75) is 19.6 Å². The molecule has 1 heteroatoms. The van der Waals surface area contributed by atoms with Crippen molar-refractivity contribution in [1.29, 1.82) is 0 Å². The molecule has 0 saturated heterocycles. The molecule has 0 N–H and O–H groups in total. The van der Waals surface area contributed by atoms with Crippen molar-refractivity contribution in [3.8, 4) is 0 Å². The van der Waals surface area contributed by atoms with E-state index in [1.807, 2.05) is 6.07 Å². The maximum Gasteiger partial charge on any atom is 0.0687 e. The quantitative estimate of drug-likeness (QED) is 0.518. The summed E-state index contributed by atoms with van der Waals surface area (Å²) in [6.45, 7) is 6.99. The summed E-state index contributed by atoms with van der Waals surface area (Å²) in [5.41, 5.74) is 3.57. The zero-order valence-corrected chi connectivity index (χ0v) is 11.4. The second-order valence-corrected chi connectivity index (χ2v) is 9.95. The lowest BCUT2D eigenvalue weighted by molar-refractivity contribution is 1.66. The van der Waals surface area contributed by atoms with E-state index in [1.54, 1.807) is 0 Å². The minimum absolute atomic E-state index is 1.04. The van der Waals surface area contributed by atoms with Crippen LogP contribution >= 0.6 is 0 Å². The molecule has 0 bridgehead atoms. The highest BCUT2D eigenvalue weighted by Crippen LogP contribution is 2.02. The van der Waals surface area contributed by atoms with E-state index in [2.05, 4.69) is 80.0 Å². The van der Waals surface area contributed by atoms with Crippen molar-refractivity contribution in [2.24, 2.45) is 0 Å². The van der Waals surface area contributed by atoms with Crippen LogP contribution in [0.1, 0.15) is 5.56 Å². The van der Waals surface area contributed by atoms with Crippen molar-refractivity contribution in [2.75, 3.05) is 0 Å². The largest absolute Gasteiger partial charge is 0.0950 e. The van der Waals surface area contributed by atoms with E-state index < -0.39 is 8.07 Å². The lowest BCUT2D eigenvalue weighted by Crippen LogP contribution is -2.14. The molecule has 1 aromatic rings. The molecule has 0 saturated carbocycles. The summed E-state index contributed by atoms with van der Waals surface area (Å²) >= 11 is 0. The third-order valence-electron chi connectivity index (χ3n) is 2.02. The lowest BCUT2D eigenvalue weighted by Gasteiger charge is -2.06. The average Bonchev–Trinajstić information content (AvgIpc) is 2.23. The third kappa shape index (κ3) is 6.20. The van der Waals surface area contributed by atoms with Gasteiger partial charge in [-0.25, -0.2) is 0 Å². The molecule has 0 aliphatic heterocycles. The van der Waals surface area contributed by atoms with Crippen molar-refractivity contribution >= 4 is 14.1 Å². The van der Waals surface area contributed by atoms with Crippen molar-refractivity contribution in [3.63, 3.8) is 0 Å². The van der Waals surface area contributed by atoms with Gasteiger partial charge in [0.05, 0.1) is 8.07 Å². The Kier molecular flexibility index (Phi) is 5.00. The fourth-order valence-corrected chi connectivity index (χ4v) is 1.89. The van der Waals surface area contributed by atoms with Gasteiger partial charge >= 0.3 is 0 Å². The van der Waals surface area contributed by atoms with Crippen LogP contribution in [0.15, 0.2) is 60.3 Å². The Morgan fingerprint density at radius 1 is 0.812 bits per heavy atom. The van der Waals surface area contributed by atoms with Crippen LogP contribution < -0.4 is 0 Å². The number of benzene rings is 1. The summed E-state index contributed by atoms with van der Waals surface area (Å²) in [6, 6.07) is 10.3. The van der Waals surface area contributed by atoms with Crippen LogP contribution in [0.2, 0.25) is 19.6 Å². The van der Waals surface area contributed by atoms with E-state index in [0.717, 1.165) is 0 Å². The predicted molar refractivity (Wildman–Crippen MR) is 77.1 cm³/mol. The van der Waals surface area contributed by atoms with Gasteiger partial charge in [0, 0.05) is 0 Å². The van der Waals surface area contributed by atoms with Crippen molar-refractivity contribution in [3.05, 3.63) is 65.9 Å². The number of allylic oxidation sites excluding steroid dienone is 4. The molecular weight excluding hydrogens is 208 g/mol. The van der Waals surface area contributed by atoms with Crippen LogP contribution in [0.3, 0.4) is 0 Å². The Balaban J connectivity index is 2.44. The maximum atomic E-state index is 2.33. The molecule has 0 spiro atoms. The Bertz CT molecular complexity index is 378. The first kappa shape index (κ1) is 12.7. The normalized spacial score (nSPS) is 13.2. The van der Waals surface area contributed by atoms with Gasteiger partial charge in [-0.15, -0.1) is 0 Å². The Morgan fingerprint density at radius 2 is 1.44 bits per heavy atom. The van der Waals surface area contributed by atoms with Gasteiger partial charge in [-0.2, -0.15) is 0 Å². The molecule has 16 heavy (non-hydrogen) atoms. The van der Waals surface area contributed by atoms with Crippen molar-refractivity contribution in [1.82, 2.24) is 0 Å². The molecular formula is C15H20Si. The first-order chi connectivity index (χ1) is 7.58. The van der Waals surface area contributed by atoms with Gasteiger partial charge in [-0.3, -0.25) is 0 Å². The molecule has 0 fully saturated rings. The second kappa shape index (κ2) is 6.29. The van der Waals surface area contributed by atoms with Crippen LogP contribution in [0.5, 0.6) is 0 Å². The van der Waals surface area contributed by atoms with Crippen LogP contribution in [0.4, 0.5) is 0 Å². The SMILES string of the molecule is C[Si](C)(C)/C=C/C=C/C=C/c1ccccc1. The molecule has 0 amide bonds. The zero-order chi connectivity index (χ0) is 11.9. The van der Waals surface area contributed by atoms with Gasteiger partial charge < -0.3 is 0 Å². The first-order valence-electron chi connectivity index (χ1n) is 5.65. The second-order valence-electron chi connectivity index (χ2n) is 4.88. The minimum atomic E-state index is -1.04. The number of hydrogen-bond donors (Lipinski definition) is 0. The maximum absolute atomic E-state index is 2.33. The van der Waals surface area contributed by atoms with E-state index in [9.17, 15) is 0 Å². The van der Waals surface area contributed by atoms with Gasteiger partial charge in [0.1, 0.15) is 0 Å². The fraction of sp³-hybridized carbons (Fsp3) is 0.200. The molecule has 0 unspecified atom stereocenters. The molecule has 84 valence electrons. The summed E-state index contributed by atoms with van der Waals surface area (Å²) in [7, 11) is -1.04. The monoisotopic (exact) mass is 228 g/mol. The highest BCUT2D eigenvalue weighted by atomic mass is 28.3. The zero-order valence-electron chi connectivity index (χ0n) is 10.4. The standard InChI is InChI=1S/C15H20Si/c1-16(2,3)14-10-5-4-7-11-15-12-8-6-9-13-15/h4-14H,1-3H3/b5-4+,11-7+,14-10+. The molecule has 0 radical (unpaired) electrons. The van der Waals surface area contributed by atoms with Crippen LogP contribution in [-0.2, 0) is 0 Å². The first-order valence-corrected chi connectivity index (χ1v) is 9.23. The minimum Gasteiger partial charge on any atom is -0.0950 e. The van der Waals surface area contributed by atoms with E-state index in [0.29, 0.717) is 0 Å². The molecule has 0 aliphatic carbocycles. The number of rotatable bonds is 4. The van der Waals surface area contributed by atoms with Crippen LogP contribution in [0, 0.1) is 0 Å². The fourth-order valence-electron chi connectivity index (χ4n) is 1.20. The lowest BCUT2D eigenvalue weighted by atomic mass is 10.2. The third-order valence-corrected chi connectivity index (χ3v) is 3.21. The van der Waals surface area contributed by atoms with E-state index >= 15 is 0 Å². The van der Waals surface area contributed by atoms with E-state index in [-0.39, 0.29) is 0 Å². The molecule has 1 rings (SSSR count). The van der Waals surface area contributed by atoms with Gasteiger partial charge in [-0.05, 0) is 5.56 Å². The van der Waals surface area contributed by atoms with Gasteiger partial charge in [0.2, 0.25) is 0 Å². The Hall–Kier alpha value is -1.34. The Labute approximate surface area is 100 Å². The predicted octanol–water partition coefficient (Wildman–Crippen LogP) is 4.69. The molecule has 0 nitrogen and oxygen atoms in total. The Morgan fingerprint density at radius 3 is 2.06 bits per heavy atom. The summed E-state index contributed by atoms with van der Waals surface area (Å²) in [5.74, 6) is 0. The average molecular weight is 228 g/mol. The summed E-state index contributed by atoms with van der Waals surface area (Å²) in [6.07, 6.45) is 10.5. The van der Waals surface area contributed by atoms with Crippen molar-refractivity contribution < 1.29 is 0 Å². The van der Waals surface area contributed by atoms with Crippen LogP contribution in [-0.4, -0.2) is 8.07 Å². The summed E-state index contributed by atoms with van der Waals surface area (Å²) < 4.78 is 0. The highest BCUT2D eigenvalue weighted by molar-refractivity contribution is 6.80. The van der Waals surface area contributed by atoms with Gasteiger partial charge in [0.25, 0.3) is 0 Å². The highest BCUT2D eigenvalue weighted by Gasteiger charge is 2.05. The molecule has 1 aromatic carbocycles. The molecule has 0 aromatic heterocycles. The van der Waals surface area contributed by atoms with E-state index in [4.69, 9.17) is 0 Å². The van der Waals surface area contributed by atoms with Crippen LogP contribution in [0.25, 0.3) is 6.08 Å². The topological polar surface area (TPSA) is 0 Å². The van der Waals surface area contributed by atoms with Gasteiger partial charge in [-0.1, -0.05) is 86.1 Å². The smallest absolute Gasteiger partial charge is 0.0687 e. The van der Waals surface area contributed by atoms with Gasteiger partial charge in [0.15, 0.2) is 0 Å².